The van der Waals surface area contributed by atoms with Crippen LogP contribution >= 0.6 is 47.0 Å². The second kappa shape index (κ2) is 27.5. The smallest absolute Gasteiger partial charge is 0.0844 e. The standard InChI is InChI=1S/C5H9N.C5H8S.C5H6S.C4H7N.2C3H5NS/c3*1-2-4-6-5-3-1;1-2-4-5-3-1;2*1-2-5-3-4-1/h4H,1-3,5H2;2,4H,1,3,5H2;1-4H,5H2;3H,1-2,4H2;3H,1-2H2;1H,2-3H2. The topological polar surface area (TPSA) is 49.4 Å². The molecule has 6 heterocycles. The predicted molar refractivity (Wildman–Crippen MR) is 163 cm³/mol. The zero-order valence-electron chi connectivity index (χ0n) is 19.8. The van der Waals surface area contributed by atoms with Gasteiger partial charge in [-0.25, -0.2) is 0 Å². The van der Waals surface area contributed by atoms with E-state index >= 15 is 0 Å². The summed E-state index contributed by atoms with van der Waals surface area (Å²) in [5.41, 5.74) is 1.90. The van der Waals surface area contributed by atoms with Crippen LogP contribution in [0.2, 0.25) is 0 Å². The summed E-state index contributed by atoms with van der Waals surface area (Å²) in [6, 6.07) is 0. The van der Waals surface area contributed by atoms with Gasteiger partial charge in [0.05, 0.1) is 11.4 Å². The fraction of sp³-hybridized carbons (Fsp3) is 0.600. The first-order valence-electron chi connectivity index (χ1n) is 11.8. The van der Waals surface area contributed by atoms with Crippen molar-refractivity contribution in [2.45, 2.75) is 44.9 Å². The minimum atomic E-state index is 0.986. The highest BCUT2D eigenvalue weighted by atomic mass is 32.2. The van der Waals surface area contributed by atoms with Crippen molar-refractivity contribution in [3.8, 4) is 0 Å². The molecule has 0 aromatic rings. The lowest BCUT2D eigenvalue weighted by atomic mass is 10.2. The monoisotopic (exact) mass is 524 g/mol. The van der Waals surface area contributed by atoms with Crippen molar-refractivity contribution in [1.29, 1.82) is 0 Å². The summed E-state index contributed by atoms with van der Waals surface area (Å²) in [7, 11) is 0. The van der Waals surface area contributed by atoms with Crippen LogP contribution in [0.4, 0.5) is 0 Å². The van der Waals surface area contributed by atoms with E-state index in [0.29, 0.717) is 0 Å². The molecular weight excluding hydrogens is 485 g/mol. The Bertz CT molecular complexity index is 526. The van der Waals surface area contributed by atoms with Gasteiger partial charge >= 0.3 is 0 Å². The summed E-state index contributed by atoms with van der Waals surface area (Å²) < 4.78 is 0. The average Bonchev–Trinajstić information content (AvgIpc) is 3.76. The SMILES string of the molecule is C1=CCSC=C1.C1=CSCCC1.C1=NCCC1.C1=NCCCC1.C1=NCCS1.C1=NCSC1. The third kappa shape index (κ3) is 25.8. The van der Waals surface area contributed by atoms with Gasteiger partial charge in [-0.1, -0.05) is 24.3 Å². The molecule has 33 heavy (non-hydrogen) atoms. The van der Waals surface area contributed by atoms with Gasteiger partial charge in [-0.2, -0.15) is 0 Å². The Morgan fingerprint density at radius 2 is 1.42 bits per heavy atom. The average molecular weight is 525 g/mol. The third-order valence-corrected chi connectivity index (χ3v) is 7.24. The molecule has 0 aromatic heterocycles. The van der Waals surface area contributed by atoms with E-state index in [9.17, 15) is 0 Å². The number of nitrogens with zero attached hydrogens (tertiary/aromatic N) is 4. The van der Waals surface area contributed by atoms with Crippen molar-refractivity contribution in [3.05, 3.63) is 35.1 Å². The molecule has 6 aliphatic heterocycles. The molecule has 184 valence electrons. The number of allylic oxidation sites excluding steroid dienone is 3. The highest BCUT2D eigenvalue weighted by Crippen LogP contribution is 2.12. The number of aliphatic imine (C=N–C) groups is 4. The highest BCUT2D eigenvalue weighted by molar-refractivity contribution is 8.12. The molecule has 0 amide bonds. The quantitative estimate of drug-likeness (QED) is 0.330. The van der Waals surface area contributed by atoms with E-state index in [4.69, 9.17) is 0 Å². The van der Waals surface area contributed by atoms with Crippen LogP contribution in [0.1, 0.15) is 44.9 Å². The summed E-state index contributed by atoms with van der Waals surface area (Å²) in [5.74, 6) is 5.78. The molecule has 0 radical (unpaired) electrons. The fourth-order valence-electron chi connectivity index (χ4n) is 2.44. The molecule has 0 N–H and O–H groups in total. The van der Waals surface area contributed by atoms with Gasteiger partial charge < -0.3 is 0 Å². The molecule has 0 saturated carbocycles. The van der Waals surface area contributed by atoms with E-state index in [2.05, 4.69) is 49.0 Å². The number of hydrogen-bond acceptors (Lipinski definition) is 8. The molecule has 8 heteroatoms. The molecule has 0 saturated heterocycles. The van der Waals surface area contributed by atoms with E-state index in [1.807, 2.05) is 65.6 Å². The van der Waals surface area contributed by atoms with Crippen LogP contribution in [0, 0.1) is 0 Å². The van der Waals surface area contributed by atoms with Crippen molar-refractivity contribution < 1.29 is 0 Å². The zero-order chi connectivity index (χ0) is 23.3. The highest BCUT2D eigenvalue weighted by Gasteiger charge is 1.89. The molecule has 0 aromatic carbocycles. The molecule has 6 rings (SSSR count). The largest absolute Gasteiger partial charge is 0.298 e. The van der Waals surface area contributed by atoms with E-state index in [1.54, 1.807) is 11.8 Å². The maximum atomic E-state index is 4.05. The lowest BCUT2D eigenvalue weighted by molar-refractivity contribution is 0.749. The minimum absolute atomic E-state index is 0.986. The van der Waals surface area contributed by atoms with Crippen molar-refractivity contribution in [3.63, 3.8) is 0 Å². The fourth-order valence-corrected chi connectivity index (χ4v) is 4.77. The van der Waals surface area contributed by atoms with E-state index < -0.39 is 0 Å². The minimum Gasteiger partial charge on any atom is -0.298 e. The van der Waals surface area contributed by atoms with Crippen LogP contribution in [-0.4, -0.2) is 72.7 Å². The Morgan fingerprint density at radius 3 is 1.61 bits per heavy atom. The summed E-state index contributed by atoms with van der Waals surface area (Å²) in [6.45, 7) is 3.17. The first-order chi connectivity index (χ1) is 16.5. The molecule has 0 bridgehead atoms. The van der Waals surface area contributed by atoms with Gasteiger partial charge in [-0.3, -0.25) is 20.0 Å². The van der Waals surface area contributed by atoms with Gasteiger partial charge in [-0.15, -0.1) is 47.0 Å². The second-order valence-electron chi connectivity index (χ2n) is 7.04. The van der Waals surface area contributed by atoms with Crippen LogP contribution in [0.5, 0.6) is 0 Å². The number of rotatable bonds is 0. The number of thioether (sulfide) groups is 4. The van der Waals surface area contributed by atoms with Crippen LogP contribution in [0.3, 0.4) is 0 Å². The maximum absolute atomic E-state index is 4.05. The van der Waals surface area contributed by atoms with Gasteiger partial charge in [0.2, 0.25) is 0 Å². The molecule has 4 nitrogen and oxygen atoms in total. The van der Waals surface area contributed by atoms with E-state index in [0.717, 1.165) is 37.0 Å². The molecular formula is C25H40N4S4. The van der Waals surface area contributed by atoms with Gasteiger partial charge in [0.25, 0.3) is 0 Å². The van der Waals surface area contributed by atoms with Crippen LogP contribution in [-0.2, 0) is 0 Å². The summed E-state index contributed by atoms with van der Waals surface area (Å²) in [4.78, 5) is 15.9. The van der Waals surface area contributed by atoms with Crippen molar-refractivity contribution in [2.75, 3.05) is 48.5 Å². The van der Waals surface area contributed by atoms with Gasteiger partial charge in [0, 0.05) is 43.1 Å². The molecule has 0 fully saturated rings. The van der Waals surface area contributed by atoms with Gasteiger partial charge in [0.15, 0.2) is 0 Å². The lowest BCUT2D eigenvalue weighted by Crippen LogP contribution is -1.89. The van der Waals surface area contributed by atoms with Crippen LogP contribution < -0.4 is 0 Å². The molecule has 0 unspecified atom stereocenters. The van der Waals surface area contributed by atoms with Crippen molar-refractivity contribution in [1.82, 2.24) is 0 Å². The molecule has 0 aliphatic carbocycles. The van der Waals surface area contributed by atoms with Crippen molar-refractivity contribution in [2.24, 2.45) is 20.0 Å². The summed E-state index contributed by atoms with van der Waals surface area (Å²) in [5, 5.41) is 4.28. The second-order valence-corrected chi connectivity index (χ2v) is 10.9. The maximum Gasteiger partial charge on any atom is 0.0844 e. The molecule has 6 aliphatic rings. The zero-order valence-corrected chi connectivity index (χ0v) is 23.1. The third-order valence-electron chi connectivity index (χ3n) is 4.16. The Morgan fingerprint density at radius 1 is 0.545 bits per heavy atom. The Balaban J connectivity index is 0.000000198. The van der Waals surface area contributed by atoms with Crippen LogP contribution in [0.25, 0.3) is 0 Å². The first-order valence-corrected chi connectivity index (χ1v) is 16.1. The summed E-state index contributed by atoms with van der Waals surface area (Å²) >= 11 is 7.38. The number of hydrogen-bond donors (Lipinski definition) is 0. The van der Waals surface area contributed by atoms with Gasteiger partial charge in [0.1, 0.15) is 0 Å². The van der Waals surface area contributed by atoms with Crippen molar-refractivity contribution >= 4 is 71.2 Å². The molecule has 0 spiro atoms. The van der Waals surface area contributed by atoms with Gasteiger partial charge in [-0.05, 0) is 73.9 Å². The Labute approximate surface area is 218 Å². The first kappa shape index (κ1) is 30.3. The van der Waals surface area contributed by atoms with E-state index in [-0.39, 0.29) is 0 Å². The normalized spacial score (nSPS) is 20.6. The molecule has 0 atom stereocenters. The van der Waals surface area contributed by atoms with Crippen LogP contribution in [0.15, 0.2) is 55.1 Å². The predicted octanol–water partition coefficient (Wildman–Crippen LogP) is 7.45. The Kier molecular flexibility index (Phi) is 25.3. The summed E-state index contributed by atoms with van der Waals surface area (Å²) in [6.07, 6.45) is 23.5. The van der Waals surface area contributed by atoms with E-state index in [1.165, 1.54) is 56.5 Å². The Hall–Kier alpha value is -0.700. The lowest BCUT2D eigenvalue weighted by Gasteiger charge is -1.97.